The number of hydrogen-bond acceptors (Lipinski definition) is 3. The predicted octanol–water partition coefficient (Wildman–Crippen LogP) is 2.57. The maximum atomic E-state index is 9.82. The summed E-state index contributed by atoms with van der Waals surface area (Å²) in [5.74, 6) is 1.05. The molecule has 2 rings (SSSR count). The monoisotopic (exact) mass is 262 g/mol. The molecule has 19 heavy (non-hydrogen) atoms. The highest BCUT2D eigenvalue weighted by atomic mass is 16.3. The molecule has 0 aliphatic carbocycles. The molecule has 0 aromatic heterocycles. The lowest BCUT2D eigenvalue weighted by atomic mass is 9.92. The average molecular weight is 262 g/mol. The van der Waals surface area contributed by atoms with E-state index >= 15 is 0 Å². The van der Waals surface area contributed by atoms with E-state index in [-0.39, 0.29) is 6.04 Å². The van der Waals surface area contributed by atoms with Crippen molar-refractivity contribution in [1.82, 2.24) is 4.90 Å². The van der Waals surface area contributed by atoms with Crippen molar-refractivity contribution in [2.24, 2.45) is 11.7 Å². The fourth-order valence-electron chi connectivity index (χ4n) is 3.06. The standard InChI is InChI=1S/C16H26N2O/c1-11-7-14(8-12(2)16(11)19)9-18-6-4-5-15(10-18)13(3)17/h7-8,13,15,19H,4-6,9-10,17H2,1-3H3. The second kappa shape index (κ2) is 5.93. The Bertz CT molecular complexity index is 419. The molecule has 1 aliphatic rings. The van der Waals surface area contributed by atoms with E-state index in [9.17, 15) is 5.11 Å². The van der Waals surface area contributed by atoms with Gasteiger partial charge >= 0.3 is 0 Å². The van der Waals surface area contributed by atoms with Gasteiger partial charge in [0.05, 0.1) is 0 Å². The number of piperidine rings is 1. The van der Waals surface area contributed by atoms with Crippen LogP contribution in [0.3, 0.4) is 0 Å². The second-order valence-electron chi connectivity index (χ2n) is 6.07. The highest BCUT2D eigenvalue weighted by Crippen LogP contribution is 2.25. The van der Waals surface area contributed by atoms with Gasteiger partial charge in [0.2, 0.25) is 0 Å². The van der Waals surface area contributed by atoms with Crippen LogP contribution in [-0.4, -0.2) is 29.1 Å². The van der Waals surface area contributed by atoms with Crippen molar-refractivity contribution < 1.29 is 5.11 Å². The van der Waals surface area contributed by atoms with Crippen LogP contribution in [0.15, 0.2) is 12.1 Å². The maximum Gasteiger partial charge on any atom is 0.121 e. The van der Waals surface area contributed by atoms with Gasteiger partial charge in [0, 0.05) is 19.1 Å². The maximum absolute atomic E-state index is 9.82. The number of likely N-dealkylation sites (tertiary alicyclic amines) is 1. The number of nitrogens with zero attached hydrogens (tertiary/aromatic N) is 1. The summed E-state index contributed by atoms with van der Waals surface area (Å²) >= 11 is 0. The van der Waals surface area contributed by atoms with Gasteiger partial charge in [0.15, 0.2) is 0 Å². The molecule has 2 unspecified atom stereocenters. The first-order valence-electron chi connectivity index (χ1n) is 7.24. The van der Waals surface area contributed by atoms with Crippen molar-refractivity contribution in [2.45, 2.75) is 46.2 Å². The van der Waals surface area contributed by atoms with E-state index in [1.807, 2.05) is 13.8 Å². The lowest BCUT2D eigenvalue weighted by Crippen LogP contribution is -2.41. The summed E-state index contributed by atoms with van der Waals surface area (Å²) in [6, 6.07) is 4.47. The quantitative estimate of drug-likeness (QED) is 0.880. The molecule has 3 nitrogen and oxygen atoms in total. The van der Waals surface area contributed by atoms with Crippen LogP contribution in [0.5, 0.6) is 5.75 Å². The lowest BCUT2D eigenvalue weighted by Gasteiger charge is -2.34. The van der Waals surface area contributed by atoms with Gasteiger partial charge in [-0.1, -0.05) is 12.1 Å². The topological polar surface area (TPSA) is 49.5 Å². The van der Waals surface area contributed by atoms with Crippen LogP contribution in [0.1, 0.15) is 36.5 Å². The first kappa shape index (κ1) is 14.4. The van der Waals surface area contributed by atoms with E-state index in [1.54, 1.807) is 0 Å². The Labute approximate surface area is 116 Å². The molecule has 0 amide bonds. The van der Waals surface area contributed by atoms with E-state index in [0.29, 0.717) is 11.7 Å². The SMILES string of the molecule is Cc1cc(CN2CCCC(C(C)N)C2)cc(C)c1O. The van der Waals surface area contributed by atoms with Crippen molar-refractivity contribution in [1.29, 1.82) is 0 Å². The van der Waals surface area contributed by atoms with Crippen molar-refractivity contribution in [3.8, 4) is 5.75 Å². The van der Waals surface area contributed by atoms with Crippen LogP contribution in [0, 0.1) is 19.8 Å². The van der Waals surface area contributed by atoms with E-state index in [1.165, 1.54) is 18.4 Å². The van der Waals surface area contributed by atoms with Crippen LogP contribution in [0.2, 0.25) is 0 Å². The summed E-state index contributed by atoms with van der Waals surface area (Å²) in [5.41, 5.74) is 9.26. The molecule has 1 saturated heterocycles. The largest absolute Gasteiger partial charge is 0.507 e. The number of phenols is 1. The minimum absolute atomic E-state index is 0.283. The molecule has 1 aromatic rings. The minimum atomic E-state index is 0.283. The predicted molar refractivity (Wildman–Crippen MR) is 79.2 cm³/mol. The van der Waals surface area contributed by atoms with Gasteiger partial charge < -0.3 is 10.8 Å². The molecule has 1 aromatic carbocycles. The molecule has 3 N–H and O–H groups in total. The summed E-state index contributed by atoms with van der Waals surface area (Å²) in [4.78, 5) is 2.49. The fourth-order valence-corrected chi connectivity index (χ4v) is 3.06. The Morgan fingerprint density at radius 2 is 2.00 bits per heavy atom. The number of hydrogen-bond donors (Lipinski definition) is 2. The Morgan fingerprint density at radius 1 is 1.37 bits per heavy atom. The Kier molecular flexibility index (Phi) is 4.48. The molecule has 0 radical (unpaired) electrons. The van der Waals surface area contributed by atoms with Gasteiger partial charge in [0.1, 0.15) is 5.75 Å². The third-order valence-electron chi connectivity index (χ3n) is 4.24. The molecule has 0 bridgehead atoms. The number of aryl methyl sites for hydroxylation is 2. The smallest absolute Gasteiger partial charge is 0.121 e. The third kappa shape index (κ3) is 3.48. The zero-order valence-corrected chi connectivity index (χ0v) is 12.3. The Balaban J connectivity index is 2.05. The van der Waals surface area contributed by atoms with Crippen molar-refractivity contribution in [2.75, 3.05) is 13.1 Å². The summed E-state index contributed by atoms with van der Waals surface area (Å²) in [6.45, 7) is 9.26. The van der Waals surface area contributed by atoms with Gasteiger partial charge in [0.25, 0.3) is 0 Å². The van der Waals surface area contributed by atoms with Crippen LogP contribution < -0.4 is 5.73 Å². The molecule has 106 valence electrons. The van der Waals surface area contributed by atoms with Crippen molar-refractivity contribution >= 4 is 0 Å². The molecule has 2 atom stereocenters. The zero-order valence-electron chi connectivity index (χ0n) is 12.3. The second-order valence-corrected chi connectivity index (χ2v) is 6.07. The fraction of sp³-hybridized carbons (Fsp3) is 0.625. The molecule has 1 fully saturated rings. The number of rotatable bonds is 3. The first-order valence-corrected chi connectivity index (χ1v) is 7.24. The average Bonchev–Trinajstić information content (AvgIpc) is 2.36. The lowest BCUT2D eigenvalue weighted by molar-refractivity contribution is 0.154. The van der Waals surface area contributed by atoms with Gasteiger partial charge in [-0.2, -0.15) is 0 Å². The molecule has 1 aliphatic heterocycles. The first-order chi connectivity index (χ1) is 8.97. The van der Waals surface area contributed by atoms with E-state index in [2.05, 4.69) is 24.0 Å². The third-order valence-corrected chi connectivity index (χ3v) is 4.24. The molecule has 0 saturated carbocycles. The summed E-state index contributed by atoms with van der Waals surface area (Å²) in [5, 5.41) is 9.82. The van der Waals surface area contributed by atoms with Gasteiger partial charge in [-0.05, 0) is 62.8 Å². The van der Waals surface area contributed by atoms with Crippen LogP contribution in [0.25, 0.3) is 0 Å². The Morgan fingerprint density at radius 3 is 2.58 bits per heavy atom. The number of nitrogens with two attached hydrogens (primary N) is 1. The molecular formula is C16H26N2O. The molecule has 1 heterocycles. The summed E-state index contributed by atoms with van der Waals surface area (Å²) in [7, 11) is 0. The van der Waals surface area contributed by atoms with E-state index < -0.39 is 0 Å². The van der Waals surface area contributed by atoms with Crippen LogP contribution in [0.4, 0.5) is 0 Å². The number of aromatic hydroxyl groups is 1. The van der Waals surface area contributed by atoms with Crippen LogP contribution in [-0.2, 0) is 6.54 Å². The number of phenolic OH excluding ortho intramolecular Hbond substituents is 1. The minimum Gasteiger partial charge on any atom is -0.507 e. The van der Waals surface area contributed by atoms with E-state index in [4.69, 9.17) is 5.73 Å². The highest BCUT2D eigenvalue weighted by Gasteiger charge is 2.22. The van der Waals surface area contributed by atoms with Gasteiger partial charge in [-0.15, -0.1) is 0 Å². The molecule has 3 heteroatoms. The van der Waals surface area contributed by atoms with Gasteiger partial charge in [-0.25, -0.2) is 0 Å². The highest BCUT2D eigenvalue weighted by molar-refractivity contribution is 5.42. The van der Waals surface area contributed by atoms with Crippen LogP contribution >= 0.6 is 0 Å². The zero-order chi connectivity index (χ0) is 14.0. The Hall–Kier alpha value is -1.06. The van der Waals surface area contributed by atoms with Crippen molar-refractivity contribution in [3.05, 3.63) is 28.8 Å². The normalized spacial score (nSPS) is 22.4. The van der Waals surface area contributed by atoms with E-state index in [0.717, 1.165) is 30.8 Å². The summed E-state index contributed by atoms with van der Waals surface area (Å²) < 4.78 is 0. The summed E-state index contributed by atoms with van der Waals surface area (Å²) in [6.07, 6.45) is 2.49. The van der Waals surface area contributed by atoms with Gasteiger partial charge in [-0.3, -0.25) is 4.90 Å². The molecular weight excluding hydrogens is 236 g/mol. The van der Waals surface area contributed by atoms with Crippen molar-refractivity contribution in [3.63, 3.8) is 0 Å². The molecule has 0 spiro atoms. The number of benzene rings is 1.